The van der Waals surface area contributed by atoms with Gasteiger partial charge in [0, 0.05) is 5.39 Å². The Labute approximate surface area is 95.2 Å². The van der Waals surface area contributed by atoms with E-state index in [-0.39, 0.29) is 5.82 Å². The highest BCUT2D eigenvalue weighted by molar-refractivity contribution is 9.10. The van der Waals surface area contributed by atoms with Crippen LogP contribution < -0.4 is 0 Å². The molecule has 4 heteroatoms. The predicted molar refractivity (Wildman–Crippen MR) is 60.3 cm³/mol. The van der Waals surface area contributed by atoms with Crippen LogP contribution in [-0.2, 0) is 0 Å². The van der Waals surface area contributed by atoms with Crippen LogP contribution in [-0.4, -0.2) is 9.78 Å². The molecular weight excluding hydrogens is 259 g/mol. The van der Waals surface area contributed by atoms with E-state index in [2.05, 4.69) is 21.0 Å². The Kier molecular flexibility index (Phi) is 2.06. The van der Waals surface area contributed by atoms with Gasteiger partial charge in [-0.1, -0.05) is 0 Å². The lowest BCUT2D eigenvalue weighted by Gasteiger charge is -2.26. The van der Waals surface area contributed by atoms with Gasteiger partial charge in [0.1, 0.15) is 5.82 Å². The summed E-state index contributed by atoms with van der Waals surface area (Å²) in [6.07, 6.45) is 5.38. The van der Waals surface area contributed by atoms with E-state index in [0.717, 1.165) is 10.9 Å². The highest BCUT2D eigenvalue weighted by atomic mass is 79.9. The first-order valence-corrected chi connectivity index (χ1v) is 5.87. The molecule has 0 amide bonds. The van der Waals surface area contributed by atoms with Crippen molar-refractivity contribution in [2.45, 2.75) is 25.3 Å². The van der Waals surface area contributed by atoms with E-state index in [1.54, 1.807) is 6.20 Å². The fourth-order valence-electron chi connectivity index (χ4n) is 1.96. The molecule has 1 heterocycles. The Hall–Kier alpha value is -0.900. The maximum absolute atomic E-state index is 13.3. The molecule has 78 valence electrons. The summed E-state index contributed by atoms with van der Waals surface area (Å²) in [5.74, 6) is -0.226. The van der Waals surface area contributed by atoms with Crippen molar-refractivity contribution in [2.75, 3.05) is 0 Å². The van der Waals surface area contributed by atoms with Crippen molar-refractivity contribution in [3.63, 3.8) is 0 Å². The summed E-state index contributed by atoms with van der Waals surface area (Å²) < 4.78 is 15.8. The number of halogens is 2. The summed E-state index contributed by atoms with van der Waals surface area (Å²) >= 11 is 3.21. The molecule has 2 aromatic rings. The monoisotopic (exact) mass is 268 g/mol. The summed E-state index contributed by atoms with van der Waals surface area (Å²) in [4.78, 5) is 0. The molecule has 1 saturated carbocycles. The van der Waals surface area contributed by atoms with Gasteiger partial charge in [0.05, 0.1) is 22.2 Å². The number of rotatable bonds is 1. The van der Waals surface area contributed by atoms with E-state index in [1.807, 2.05) is 10.7 Å². The summed E-state index contributed by atoms with van der Waals surface area (Å²) in [6.45, 7) is 0. The highest BCUT2D eigenvalue weighted by Gasteiger charge is 2.22. The minimum Gasteiger partial charge on any atom is -0.262 e. The lowest BCUT2D eigenvalue weighted by Crippen LogP contribution is -2.17. The fraction of sp³-hybridized carbons (Fsp3) is 0.364. The topological polar surface area (TPSA) is 17.8 Å². The second-order valence-corrected chi connectivity index (χ2v) is 4.85. The molecule has 1 fully saturated rings. The molecule has 0 atom stereocenters. The third-order valence-corrected chi connectivity index (χ3v) is 3.67. The summed E-state index contributed by atoms with van der Waals surface area (Å²) in [6, 6.07) is 3.86. The predicted octanol–water partition coefficient (Wildman–Crippen LogP) is 3.66. The van der Waals surface area contributed by atoms with Gasteiger partial charge in [-0.15, -0.1) is 0 Å². The first-order chi connectivity index (χ1) is 7.25. The van der Waals surface area contributed by atoms with Crippen molar-refractivity contribution in [3.05, 3.63) is 28.6 Å². The zero-order chi connectivity index (χ0) is 10.4. The molecule has 0 spiro atoms. The molecule has 0 unspecified atom stereocenters. The van der Waals surface area contributed by atoms with Crippen molar-refractivity contribution >= 4 is 26.8 Å². The van der Waals surface area contributed by atoms with Crippen LogP contribution in [0.25, 0.3) is 10.9 Å². The van der Waals surface area contributed by atoms with E-state index in [0.29, 0.717) is 10.5 Å². The van der Waals surface area contributed by atoms with Crippen LogP contribution >= 0.6 is 15.9 Å². The van der Waals surface area contributed by atoms with Crippen molar-refractivity contribution in [2.24, 2.45) is 0 Å². The lowest BCUT2D eigenvalue weighted by molar-refractivity contribution is 0.297. The average Bonchev–Trinajstić information content (AvgIpc) is 2.48. The SMILES string of the molecule is Fc1cc2cnn(C3CCC3)c2cc1Br. The summed E-state index contributed by atoms with van der Waals surface area (Å²) in [5, 5.41) is 5.21. The van der Waals surface area contributed by atoms with Crippen LogP contribution in [0, 0.1) is 5.82 Å². The molecule has 1 aliphatic carbocycles. The first-order valence-electron chi connectivity index (χ1n) is 5.08. The molecule has 1 aromatic heterocycles. The van der Waals surface area contributed by atoms with Crippen molar-refractivity contribution in [1.29, 1.82) is 0 Å². The Bertz CT molecular complexity index is 517. The highest BCUT2D eigenvalue weighted by Crippen LogP contribution is 2.34. The number of aromatic nitrogens is 2. The number of hydrogen-bond donors (Lipinski definition) is 0. The molecule has 0 bridgehead atoms. The van der Waals surface area contributed by atoms with E-state index < -0.39 is 0 Å². The van der Waals surface area contributed by atoms with Crippen molar-refractivity contribution < 1.29 is 4.39 Å². The van der Waals surface area contributed by atoms with Crippen LogP contribution in [0.4, 0.5) is 4.39 Å². The van der Waals surface area contributed by atoms with Gasteiger partial charge in [-0.2, -0.15) is 5.10 Å². The largest absolute Gasteiger partial charge is 0.262 e. The molecule has 1 aromatic carbocycles. The van der Waals surface area contributed by atoms with E-state index in [9.17, 15) is 4.39 Å². The number of benzene rings is 1. The van der Waals surface area contributed by atoms with Crippen LogP contribution in [0.5, 0.6) is 0 Å². The smallest absolute Gasteiger partial charge is 0.138 e. The van der Waals surface area contributed by atoms with Gasteiger partial charge in [-0.05, 0) is 47.3 Å². The molecule has 0 radical (unpaired) electrons. The van der Waals surface area contributed by atoms with E-state index in [1.165, 1.54) is 25.3 Å². The van der Waals surface area contributed by atoms with Gasteiger partial charge in [-0.3, -0.25) is 4.68 Å². The maximum atomic E-state index is 13.3. The van der Waals surface area contributed by atoms with Gasteiger partial charge in [0.25, 0.3) is 0 Å². The maximum Gasteiger partial charge on any atom is 0.138 e. The number of hydrogen-bond acceptors (Lipinski definition) is 1. The molecule has 0 aliphatic heterocycles. The van der Waals surface area contributed by atoms with Crippen LogP contribution in [0.3, 0.4) is 0 Å². The molecule has 15 heavy (non-hydrogen) atoms. The second-order valence-electron chi connectivity index (χ2n) is 4.00. The number of fused-ring (bicyclic) bond motifs is 1. The molecule has 0 saturated heterocycles. The lowest BCUT2D eigenvalue weighted by atomic mass is 9.93. The molecule has 3 rings (SSSR count). The molecule has 1 aliphatic rings. The van der Waals surface area contributed by atoms with Crippen molar-refractivity contribution in [3.8, 4) is 0 Å². The van der Waals surface area contributed by atoms with Gasteiger partial charge >= 0.3 is 0 Å². The van der Waals surface area contributed by atoms with Gasteiger partial charge in [0.15, 0.2) is 0 Å². The zero-order valence-electron chi connectivity index (χ0n) is 8.08. The first kappa shape index (κ1) is 9.33. The standard InChI is InChI=1S/C11H10BrFN2/c12-9-5-11-7(4-10(9)13)6-14-15(11)8-2-1-3-8/h4-6,8H,1-3H2. The Morgan fingerprint density at radius 2 is 2.20 bits per heavy atom. The summed E-state index contributed by atoms with van der Waals surface area (Å²) in [5.41, 5.74) is 1.02. The average molecular weight is 269 g/mol. The quantitative estimate of drug-likeness (QED) is 0.772. The molecule has 2 nitrogen and oxygen atoms in total. The fourth-order valence-corrected chi connectivity index (χ4v) is 2.29. The van der Waals surface area contributed by atoms with Crippen LogP contribution in [0.15, 0.2) is 22.8 Å². The Balaban J connectivity index is 2.19. The minimum atomic E-state index is -0.226. The van der Waals surface area contributed by atoms with Crippen LogP contribution in [0.2, 0.25) is 0 Å². The minimum absolute atomic E-state index is 0.226. The van der Waals surface area contributed by atoms with E-state index >= 15 is 0 Å². The van der Waals surface area contributed by atoms with Crippen molar-refractivity contribution in [1.82, 2.24) is 9.78 Å². The van der Waals surface area contributed by atoms with Crippen LogP contribution in [0.1, 0.15) is 25.3 Å². The Morgan fingerprint density at radius 3 is 2.87 bits per heavy atom. The molecular formula is C11H10BrFN2. The summed E-state index contributed by atoms with van der Waals surface area (Å²) in [7, 11) is 0. The second kappa shape index (κ2) is 3.30. The normalized spacial score (nSPS) is 16.9. The van der Waals surface area contributed by atoms with E-state index in [4.69, 9.17) is 0 Å². The zero-order valence-corrected chi connectivity index (χ0v) is 9.67. The third kappa shape index (κ3) is 1.39. The molecule has 0 N–H and O–H groups in total. The van der Waals surface area contributed by atoms with Gasteiger partial charge < -0.3 is 0 Å². The number of nitrogens with zero attached hydrogens (tertiary/aromatic N) is 2. The van der Waals surface area contributed by atoms with Gasteiger partial charge in [0.2, 0.25) is 0 Å². The van der Waals surface area contributed by atoms with Gasteiger partial charge in [-0.25, -0.2) is 4.39 Å². The third-order valence-electron chi connectivity index (χ3n) is 3.06. The Morgan fingerprint density at radius 1 is 1.40 bits per heavy atom.